The van der Waals surface area contributed by atoms with Gasteiger partial charge in [-0.1, -0.05) is 39.3 Å². The van der Waals surface area contributed by atoms with Crippen molar-refractivity contribution >= 4 is 35.2 Å². The molecule has 0 spiro atoms. The lowest BCUT2D eigenvalue weighted by Crippen LogP contribution is -2.54. The second kappa shape index (κ2) is 11.9. The Morgan fingerprint density at radius 3 is 2.06 bits per heavy atom. The Morgan fingerprint density at radius 2 is 1.52 bits per heavy atom. The predicted molar refractivity (Wildman–Crippen MR) is 124 cm³/mol. The molecular formula is C24H32N4O5. The number of nitrogens with one attached hydrogen (secondary N) is 3. The molecule has 0 aliphatic carbocycles. The van der Waals surface area contributed by atoms with Crippen LogP contribution in [-0.2, 0) is 30.4 Å². The summed E-state index contributed by atoms with van der Waals surface area (Å²) in [5.41, 5.74) is 1.82. The second-order valence-electron chi connectivity index (χ2n) is 8.37. The Bertz CT molecular complexity index is 905. The van der Waals surface area contributed by atoms with E-state index in [-0.39, 0.29) is 24.8 Å². The Balaban J connectivity index is 1.87. The fourth-order valence-corrected chi connectivity index (χ4v) is 3.31. The van der Waals surface area contributed by atoms with Gasteiger partial charge in [0.05, 0.1) is 0 Å². The fourth-order valence-electron chi connectivity index (χ4n) is 3.31. The van der Waals surface area contributed by atoms with Gasteiger partial charge in [-0.25, -0.2) is 0 Å². The number of imide groups is 1. The lowest BCUT2D eigenvalue weighted by atomic mass is 10.0. The maximum absolute atomic E-state index is 12.7. The van der Waals surface area contributed by atoms with Gasteiger partial charge in [-0.05, 0) is 37.0 Å². The molecule has 0 bridgehead atoms. The highest BCUT2D eigenvalue weighted by atomic mass is 16.2. The van der Waals surface area contributed by atoms with Crippen LogP contribution in [0.5, 0.6) is 0 Å². The molecule has 0 fully saturated rings. The maximum Gasteiger partial charge on any atom is 0.253 e. The first-order valence-electron chi connectivity index (χ1n) is 11.2. The van der Waals surface area contributed by atoms with Crippen LogP contribution in [0.15, 0.2) is 36.4 Å². The van der Waals surface area contributed by atoms with Crippen LogP contribution < -0.4 is 16.0 Å². The molecule has 2 atom stereocenters. The molecule has 2 rings (SSSR count). The number of nitrogens with zero attached hydrogens (tertiary/aromatic N) is 1. The van der Waals surface area contributed by atoms with E-state index < -0.39 is 35.7 Å². The van der Waals surface area contributed by atoms with E-state index in [2.05, 4.69) is 22.9 Å². The zero-order valence-corrected chi connectivity index (χ0v) is 19.5. The molecule has 178 valence electrons. The van der Waals surface area contributed by atoms with Crippen LogP contribution in [0.4, 0.5) is 5.69 Å². The summed E-state index contributed by atoms with van der Waals surface area (Å²) in [6, 6.07) is 5.85. The van der Waals surface area contributed by atoms with Crippen LogP contribution in [0.1, 0.15) is 46.1 Å². The molecule has 9 nitrogen and oxygen atoms in total. The lowest BCUT2D eigenvalue weighted by Gasteiger charge is -2.24. The Morgan fingerprint density at radius 1 is 0.909 bits per heavy atom. The van der Waals surface area contributed by atoms with Crippen LogP contribution in [0.25, 0.3) is 0 Å². The van der Waals surface area contributed by atoms with Crippen LogP contribution in [0.3, 0.4) is 0 Å². The van der Waals surface area contributed by atoms with E-state index in [4.69, 9.17) is 0 Å². The molecule has 1 aromatic rings. The van der Waals surface area contributed by atoms with Gasteiger partial charge in [0.25, 0.3) is 11.8 Å². The Labute approximate surface area is 194 Å². The quantitative estimate of drug-likeness (QED) is 0.436. The summed E-state index contributed by atoms with van der Waals surface area (Å²) in [6.45, 7) is 7.13. The fraction of sp³-hybridized carbons (Fsp3) is 0.458. The molecule has 1 aromatic carbocycles. The van der Waals surface area contributed by atoms with E-state index in [9.17, 15) is 24.0 Å². The third-order valence-corrected chi connectivity index (χ3v) is 5.24. The highest BCUT2D eigenvalue weighted by molar-refractivity contribution is 6.13. The first-order valence-corrected chi connectivity index (χ1v) is 11.2. The van der Waals surface area contributed by atoms with Crippen LogP contribution in [-0.4, -0.2) is 53.1 Å². The van der Waals surface area contributed by atoms with Crippen molar-refractivity contribution in [2.24, 2.45) is 5.92 Å². The Hall–Kier alpha value is -3.49. The van der Waals surface area contributed by atoms with Gasteiger partial charge >= 0.3 is 0 Å². The molecule has 1 heterocycles. The summed E-state index contributed by atoms with van der Waals surface area (Å²) in [4.78, 5) is 61.7. The minimum Gasteiger partial charge on any atom is -0.344 e. The number of hydrogen-bond acceptors (Lipinski definition) is 5. The molecule has 1 aliphatic rings. The molecule has 0 saturated carbocycles. The molecule has 0 aromatic heterocycles. The number of hydrogen-bond donors (Lipinski definition) is 3. The molecule has 0 radical (unpaired) electrons. The minimum absolute atomic E-state index is 0.0706. The molecule has 3 N–H and O–H groups in total. The summed E-state index contributed by atoms with van der Waals surface area (Å²) in [5, 5.41) is 8.03. The van der Waals surface area contributed by atoms with Gasteiger partial charge in [-0.15, -0.1) is 0 Å². The number of benzene rings is 1. The van der Waals surface area contributed by atoms with E-state index in [0.717, 1.165) is 29.9 Å². The molecule has 33 heavy (non-hydrogen) atoms. The van der Waals surface area contributed by atoms with Gasteiger partial charge in [-0.3, -0.25) is 28.9 Å². The predicted octanol–water partition coefficient (Wildman–Crippen LogP) is 1.54. The van der Waals surface area contributed by atoms with Crippen LogP contribution in [0.2, 0.25) is 0 Å². The highest BCUT2D eigenvalue weighted by Gasteiger charge is 2.28. The first kappa shape index (κ1) is 25.8. The number of carbonyl (C=O) groups excluding carboxylic acids is 5. The van der Waals surface area contributed by atoms with E-state index in [0.29, 0.717) is 5.69 Å². The Kier molecular flexibility index (Phi) is 9.32. The van der Waals surface area contributed by atoms with Crippen molar-refractivity contribution in [3.63, 3.8) is 0 Å². The topological polar surface area (TPSA) is 125 Å². The summed E-state index contributed by atoms with van der Waals surface area (Å²) in [7, 11) is 0. The van der Waals surface area contributed by atoms with Gasteiger partial charge in [0.1, 0.15) is 12.1 Å². The number of amides is 5. The molecule has 0 saturated heterocycles. The van der Waals surface area contributed by atoms with Crippen molar-refractivity contribution in [1.29, 1.82) is 0 Å². The SMILES string of the molecule is CCCc1ccc(NC(=O)[C@H](C)NC(=O)[C@@H](NC(=O)CCN2C(=O)C=CC2=O)C(C)C)cc1. The van der Waals surface area contributed by atoms with Crippen molar-refractivity contribution in [2.75, 3.05) is 11.9 Å². The molecular weight excluding hydrogens is 424 g/mol. The molecule has 0 unspecified atom stereocenters. The minimum atomic E-state index is -0.871. The van der Waals surface area contributed by atoms with Crippen molar-refractivity contribution in [2.45, 2.75) is 59.0 Å². The summed E-state index contributed by atoms with van der Waals surface area (Å²) < 4.78 is 0. The van der Waals surface area contributed by atoms with Crippen LogP contribution in [0, 0.1) is 5.92 Å². The first-order chi connectivity index (χ1) is 15.6. The smallest absolute Gasteiger partial charge is 0.253 e. The van der Waals surface area contributed by atoms with Gasteiger partial charge in [-0.2, -0.15) is 0 Å². The van der Waals surface area contributed by atoms with Gasteiger partial charge < -0.3 is 16.0 Å². The molecule has 9 heteroatoms. The van der Waals surface area contributed by atoms with Crippen LogP contribution >= 0.6 is 0 Å². The van der Waals surface area contributed by atoms with Gasteiger partial charge in [0, 0.05) is 30.8 Å². The number of anilines is 1. The van der Waals surface area contributed by atoms with E-state index in [1.807, 2.05) is 24.3 Å². The maximum atomic E-state index is 12.7. The zero-order valence-electron chi connectivity index (χ0n) is 19.5. The third kappa shape index (κ3) is 7.55. The summed E-state index contributed by atoms with van der Waals surface area (Å²) in [6.07, 6.45) is 4.17. The summed E-state index contributed by atoms with van der Waals surface area (Å²) >= 11 is 0. The highest BCUT2D eigenvalue weighted by Crippen LogP contribution is 2.12. The average Bonchev–Trinajstić information content (AvgIpc) is 3.08. The van der Waals surface area contributed by atoms with Crippen molar-refractivity contribution in [1.82, 2.24) is 15.5 Å². The second-order valence-corrected chi connectivity index (χ2v) is 8.37. The monoisotopic (exact) mass is 456 g/mol. The van der Waals surface area contributed by atoms with Gasteiger partial charge in [0.2, 0.25) is 17.7 Å². The van der Waals surface area contributed by atoms with Crippen molar-refractivity contribution in [3.05, 3.63) is 42.0 Å². The number of aryl methyl sites for hydroxylation is 1. The number of carbonyl (C=O) groups is 5. The van der Waals surface area contributed by atoms with E-state index >= 15 is 0 Å². The normalized spacial score (nSPS) is 14.9. The van der Waals surface area contributed by atoms with Gasteiger partial charge in [0.15, 0.2) is 0 Å². The largest absolute Gasteiger partial charge is 0.344 e. The molecule has 5 amide bonds. The van der Waals surface area contributed by atoms with E-state index in [1.54, 1.807) is 20.8 Å². The summed E-state index contributed by atoms with van der Waals surface area (Å²) in [5.74, 6) is -2.52. The zero-order chi connectivity index (χ0) is 24.5. The number of rotatable bonds is 11. The molecule has 1 aliphatic heterocycles. The average molecular weight is 457 g/mol. The standard InChI is InChI=1S/C24H32N4O5/c1-5-6-17-7-9-18(10-8-17)26-23(32)16(4)25-24(33)22(15(2)3)27-19(29)13-14-28-20(30)11-12-21(28)31/h7-12,15-16,22H,5-6,13-14H2,1-4H3,(H,25,33)(H,26,32)(H,27,29)/t16-,22-/m0/s1. The third-order valence-electron chi connectivity index (χ3n) is 5.24. The van der Waals surface area contributed by atoms with Crippen molar-refractivity contribution < 1.29 is 24.0 Å². The lowest BCUT2D eigenvalue weighted by molar-refractivity contribution is -0.137. The van der Waals surface area contributed by atoms with Crippen molar-refractivity contribution in [3.8, 4) is 0 Å². The van der Waals surface area contributed by atoms with E-state index in [1.165, 1.54) is 5.56 Å².